The van der Waals surface area contributed by atoms with Gasteiger partial charge in [-0.3, -0.25) is 0 Å². The first-order chi connectivity index (χ1) is 8.70. The molecule has 2 nitrogen and oxygen atoms in total. The summed E-state index contributed by atoms with van der Waals surface area (Å²) >= 11 is 1.54. The van der Waals surface area contributed by atoms with Crippen molar-refractivity contribution in [1.29, 1.82) is 5.26 Å². The van der Waals surface area contributed by atoms with Gasteiger partial charge in [0.25, 0.3) is 0 Å². The number of nitrogens with zero attached hydrogens (tertiary/aromatic N) is 1. The molecule has 3 heteroatoms. The molecule has 0 atom stereocenters. The van der Waals surface area contributed by atoms with Crippen LogP contribution in [0.5, 0.6) is 0 Å². The highest BCUT2D eigenvalue weighted by Crippen LogP contribution is 2.25. The fourth-order valence-electron chi connectivity index (χ4n) is 1.88. The topological polar surface area (TPSA) is 35.8 Å². The molecule has 0 unspecified atom stereocenters. The lowest BCUT2D eigenvalue weighted by Gasteiger charge is -2.13. The first-order valence-electron chi connectivity index (χ1n) is 6.02. The molecule has 2 rings (SSSR count). The molecule has 0 aliphatic heterocycles. The van der Waals surface area contributed by atoms with Crippen molar-refractivity contribution in [2.45, 2.75) is 26.3 Å². The number of hydrogen-bond acceptors (Lipinski definition) is 3. The standard InChI is InChI=1S/C15H16N2S/c1-11(2)14-5-3-4-6-15(14)17-10-13-8-7-12(9-16)18-13/h3-8,11,17H,10H2,1-2H3. The molecule has 0 saturated heterocycles. The summed E-state index contributed by atoms with van der Waals surface area (Å²) in [7, 11) is 0. The van der Waals surface area contributed by atoms with Crippen molar-refractivity contribution in [2.24, 2.45) is 0 Å². The summed E-state index contributed by atoms with van der Waals surface area (Å²) in [6.45, 7) is 5.16. The van der Waals surface area contributed by atoms with Crippen molar-refractivity contribution in [3.63, 3.8) is 0 Å². The van der Waals surface area contributed by atoms with Crippen molar-refractivity contribution < 1.29 is 0 Å². The Labute approximate surface area is 112 Å². The van der Waals surface area contributed by atoms with E-state index in [9.17, 15) is 0 Å². The summed E-state index contributed by atoms with van der Waals surface area (Å²) in [5.74, 6) is 0.506. The number of nitriles is 1. The van der Waals surface area contributed by atoms with Gasteiger partial charge in [0.1, 0.15) is 10.9 Å². The molecule has 0 saturated carbocycles. The van der Waals surface area contributed by atoms with Gasteiger partial charge in [0, 0.05) is 17.1 Å². The number of thiophene rings is 1. The predicted molar refractivity (Wildman–Crippen MR) is 76.9 cm³/mol. The molecule has 0 bridgehead atoms. The van der Waals surface area contributed by atoms with Crippen LogP contribution in [0.2, 0.25) is 0 Å². The summed E-state index contributed by atoms with van der Waals surface area (Å²) in [4.78, 5) is 1.95. The molecule has 0 spiro atoms. The van der Waals surface area contributed by atoms with E-state index in [1.165, 1.54) is 16.1 Å². The minimum Gasteiger partial charge on any atom is -0.380 e. The summed E-state index contributed by atoms with van der Waals surface area (Å²) in [6.07, 6.45) is 0. The number of rotatable bonds is 4. The molecular weight excluding hydrogens is 240 g/mol. The van der Waals surface area contributed by atoms with Crippen LogP contribution in [0, 0.1) is 11.3 Å². The smallest absolute Gasteiger partial charge is 0.110 e. The fourth-order valence-corrected chi connectivity index (χ4v) is 2.62. The first-order valence-corrected chi connectivity index (χ1v) is 6.84. The second-order valence-electron chi connectivity index (χ2n) is 4.47. The van der Waals surface area contributed by atoms with Crippen LogP contribution < -0.4 is 5.32 Å². The minimum atomic E-state index is 0.506. The highest BCUT2D eigenvalue weighted by molar-refractivity contribution is 7.12. The number of benzene rings is 1. The Bertz CT molecular complexity index is 564. The fraction of sp³-hybridized carbons (Fsp3) is 0.267. The number of para-hydroxylation sites is 1. The van der Waals surface area contributed by atoms with E-state index < -0.39 is 0 Å². The molecule has 1 aromatic carbocycles. The minimum absolute atomic E-state index is 0.506. The molecule has 1 aromatic heterocycles. The number of nitrogens with one attached hydrogen (secondary N) is 1. The van der Waals surface area contributed by atoms with Gasteiger partial charge in [0.2, 0.25) is 0 Å². The van der Waals surface area contributed by atoms with Crippen molar-refractivity contribution in [3.8, 4) is 6.07 Å². The molecule has 1 heterocycles. The van der Waals surface area contributed by atoms with Crippen molar-refractivity contribution >= 4 is 17.0 Å². The lowest BCUT2D eigenvalue weighted by molar-refractivity contribution is 0.866. The van der Waals surface area contributed by atoms with E-state index in [-0.39, 0.29) is 0 Å². The van der Waals surface area contributed by atoms with Gasteiger partial charge in [-0.2, -0.15) is 5.26 Å². The number of hydrogen-bond donors (Lipinski definition) is 1. The van der Waals surface area contributed by atoms with Gasteiger partial charge in [-0.1, -0.05) is 32.0 Å². The van der Waals surface area contributed by atoms with Gasteiger partial charge in [-0.05, 0) is 29.7 Å². The normalized spacial score (nSPS) is 10.3. The Morgan fingerprint density at radius 3 is 2.67 bits per heavy atom. The maximum Gasteiger partial charge on any atom is 0.110 e. The van der Waals surface area contributed by atoms with Crippen LogP contribution in [0.25, 0.3) is 0 Å². The van der Waals surface area contributed by atoms with Crippen molar-refractivity contribution in [1.82, 2.24) is 0 Å². The van der Waals surface area contributed by atoms with Crippen LogP contribution in [-0.4, -0.2) is 0 Å². The zero-order valence-corrected chi connectivity index (χ0v) is 11.4. The maximum absolute atomic E-state index is 8.79. The zero-order chi connectivity index (χ0) is 13.0. The van der Waals surface area contributed by atoms with E-state index in [0.29, 0.717) is 5.92 Å². The molecule has 18 heavy (non-hydrogen) atoms. The second-order valence-corrected chi connectivity index (χ2v) is 5.64. The quantitative estimate of drug-likeness (QED) is 0.882. The van der Waals surface area contributed by atoms with Crippen LogP contribution in [-0.2, 0) is 6.54 Å². The molecular formula is C15H16N2S. The molecule has 0 fully saturated rings. The number of anilines is 1. The van der Waals surface area contributed by atoms with E-state index in [4.69, 9.17) is 5.26 Å². The maximum atomic E-state index is 8.79. The molecule has 0 aliphatic carbocycles. The van der Waals surface area contributed by atoms with E-state index in [2.05, 4.69) is 43.4 Å². The zero-order valence-electron chi connectivity index (χ0n) is 10.6. The van der Waals surface area contributed by atoms with Crippen LogP contribution in [0.4, 0.5) is 5.69 Å². The Morgan fingerprint density at radius 2 is 2.00 bits per heavy atom. The molecule has 0 aliphatic rings. The van der Waals surface area contributed by atoms with Gasteiger partial charge in [-0.15, -0.1) is 11.3 Å². The van der Waals surface area contributed by atoms with E-state index in [0.717, 1.165) is 11.4 Å². The third-order valence-electron chi connectivity index (χ3n) is 2.81. The summed E-state index contributed by atoms with van der Waals surface area (Å²) in [5.41, 5.74) is 2.51. The van der Waals surface area contributed by atoms with Gasteiger partial charge < -0.3 is 5.32 Å². The lowest BCUT2D eigenvalue weighted by atomic mass is 10.0. The molecule has 2 aromatic rings. The Hall–Kier alpha value is -1.79. The summed E-state index contributed by atoms with van der Waals surface area (Å²) < 4.78 is 0. The second kappa shape index (κ2) is 5.70. The predicted octanol–water partition coefficient (Wildman–Crippen LogP) is 4.36. The van der Waals surface area contributed by atoms with Crippen LogP contribution in [0.3, 0.4) is 0 Å². The van der Waals surface area contributed by atoms with Gasteiger partial charge in [0.05, 0.1) is 0 Å². The Morgan fingerprint density at radius 1 is 1.22 bits per heavy atom. The highest BCUT2D eigenvalue weighted by atomic mass is 32.1. The van der Waals surface area contributed by atoms with Crippen LogP contribution in [0.15, 0.2) is 36.4 Å². The Balaban J connectivity index is 2.08. The highest BCUT2D eigenvalue weighted by Gasteiger charge is 2.06. The van der Waals surface area contributed by atoms with Gasteiger partial charge in [0.15, 0.2) is 0 Å². The molecule has 1 N–H and O–H groups in total. The SMILES string of the molecule is CC(C)c1ccccc1NCc1ccc(C#N)s1. The average molecular weight is 256 g/mol. The van der Waals surface area contributed by atoms with Gasteiger partial charge >= 0.3 is 0 Å². The van der Waals surface area contributed by atoms with E-state index in [1.807, 2.05) is 18.2 Å². The first kappa shape index (κ1) is 12.7. The van der Waals surface area contributed by atoms with Crippen molar-refractivity contribution in [2.75, 3.05) is 5.32 Å². The molecule has 0 radical (unpaired) electrons. The third-order valence-corrected chi connectivity index (χ3v) is 3.80. The Kier molecular flexibility index (Phi) is 4.01. The van der Waals surface area contributed by atoms with Crippen LogP contribution in [0.1, 0.15) is 35.1 Å². The van der Waals surface area contributed by atoms with E-state index in [1.54, 1.807) is 11.3 Å². The molecule has 92 valence electrons. The van der Waals surface area contributed by atoms with Crippen molar-refractivity contribution in [3.05, 3.63) is 51.7 Å². The monoisotopic (exact) mass is 256 g/mol. The molecule has 0 amide bonds. The lowest BCUT2D eigenvalue weighted by Crippen LogP contribution is -2.01. The summed E-state index contributed by atoms with van der Waals surface area (Å²) in [6, 6.07) is 14.4. The van der Waals surface area contributed by atoms with Gasteiger partial charge in [-0.25, -0.2) is 0 Å². The van der Waals surface area contributed by atoms with Crippen LogP contribution >= 0.6 is 11.3 Å². The average Bonchev–Trinajstić information content (AvgIpc) is 2.84. The third kappa shape index (κ3) is 2.91. The summed E-state index contributed by atoms with van der Waals surface area (Å²) in [5, 5.41) is 12.2. The largest absolute Gasteiger partial charge is 0.380 e. The van der Waals surface area contributed by atoms with E-state index >= 15 is 0 Å².